The average Bonchev–Trinajstić information content (AvgIpc) is 3.67. The van der Waals surface area contributed by atoms with Gasteiger partial charge in [-0.15, -0.1) is 5.10 Å². The van der Waals surface area contributed by atoms with E-state index in [1.54, 1.807) is 35.0 Å². The molecule has 10 nitrogen and oxygen atoms in total. The van der Waals surface area contributed by atoms with Gasteiger partial charge in [0, 0.05) is 17.8 Å². The van der Waals surface area contributed by atoms with E-state index in [1.807, 2.05) is 31.2 Å². The van der Waals surface area contributed by atoms with Gasteiger partial charge in [0.2, 0.25) is 12.7 Å². The summed E-state index contributed by atoms with van der Waals surface area (Å²) in [5, 5.41) is 11.6. The number of rotatable bonds is 7. The first kappa shape index (κ1) is 24.0. The number of furan rings is 1. The molecule has 2 amide bonds. The van der Waals surface area contributed by atoms with Crippen LogP contribution in [0, 0.1) is 6.92 Å². The second-order valence-electron chi connectivity index (χ2n) is 9.73. The maximum absolute atomic E-state index is 14.1. The first-order valence-corrected chi connectivity index (χ1v) is 12.9. The fourth-order valence-corrected chi connectivity index (χ4v) is 5.21. The number of aryl methyl sites for hydroxylation is 1. The zero-order valence-electron chi connectivity index (χ0n) is 21.1. The highest BCUT2D eigenvalue weighted by Gasteiger charge is 2.37. The molecule has 0 spiro atoms. The van der Waals surface area contributed by atoms with Gasteiger partial charge in [0.05, 0.1) is 5.52 Å². The fourth-order valence-electron chi connectivity index (χ4n) is 5.21. The van der Waals surface area contributed by atoms with Gasteiger partial charge >= 0.3 is 0 Å². The maximum Gasteiger partial charge on any atom is 0.251 e. The van der Waals surface area contributed by atoms with E-state index in [0.717, 1.165) is 31.2 Å². The molecule has 1 N–H and O–H groups in total. The summed E-state index contributed by atoms with van der Waals surface area (Å²) in [6.45, 7) is 1.79. The first-order valence-electron chi connectivity index (χ1n) is 12.9. The number of carbonyl (C=O) groups excluding carboxylic acids is 2. The fraction of sp³-hybridized carbons (Fsp3) is 0.357. The lowest BCUT2D eigenvalue weighted by Gasteiger charge is -2.32. The Kier molecular flexibility index (Phi) is 6.45. The molecule has 2 aromatic heterocycles. The van der Waals surface area contributed by atoms with Crippen LogP contribution < -0.4 is 19.7 Å². The van der Waals surface area contributed by atoms with Crippen molar-refractivity contribution in [2.24, 2.45) is 0 Å². The summed E-state index contributed by atoms with van der Waals surface area (Å²) in [4.78, 5) is 29.5. The van der Waals surface area contributed by atoms with Crippen molar-refractivity contribution in [2.45, 2.75) is 57.7 Å². The molecule has 1 saturated carbocycles. The van der Waals surface area contributed by atoms with Gasteiger partial charge in [-0.05, 0) is 56.2 Å². The van der Waals surface area contributed by atoms with E-state index in [0.29, 0.717) is 34.2 Å². The van der Waals surface area contributed by atoms with E-state index in [-0.39, 0.29) is 31.2 Å². The van der Waals surface area contributed by atoms with Crippen molar-refractivity contribution in [2.75, 3.05) is 11.7 Å². The number of para-hydroxylation sites is 1. The van der Waals surface area contributed by atoms with Gasteiger partial charge in [0.25, 0.3) is 5.91 Å². The summed E-state index contributed by atoms with van der Waals surface area (Å²) in [7, 11) is 0. The highest BCUT2D eigenvalue weighted by molar-refractivity contribution is 6.01. The Bertz CT molecular complexity index is 1470. The first-order chi connectivity index (χ1) is 18.6. The molecule has 3 heterocycles. The standard InChI is InChI=1S/C28H29N5O5/c1-18-11-13-24(38-18)27(28(35)29-19-7-3-2-4-8-19)33(20-12-14-23-25(15-20)37-17-36-23)26(34)16-32-22-10-6-5-9-21(22)30-31-32/h5-6,9-15,19,27H,2-4,7-8,16-17H2,1H3,(H,29,35). The summed E-state index contributed by atoms with van der Waals surface area (Å²) in [6, 6.07) is 15.2. The average molecular weight is 516 g/mol. The predicted molar refractivity (Wildman–Crippen MR) is 139 cm³/mol. The number of nitrogens with zero attached hydrogens (tertiary/aromatic N) is 4. The molecule has 2 aromatic carbocycles. The van der Waals surface area contributed by atoms with Crippen LogP contribution in [-0.2, 0) is 16.1 Å². The molecule has 1 aliphatic carbocycles. The van der Waals surface area contributed by atoms with E-state index < -0.39 is 6.04 Å². The minimum Gasteiger partial charge on any atom is -0.464 e. The lowest BCUT2D eigenvalue weighted by molar-refractivity contribution is -0.128. The number of fused-ring (bicyclic) bond motifs is 2. The molecular weight excluding hydrogens is 486 g/mol. The largest absolute Gasteiger partial charge is 0.464 e. The molecule has 1 aliphatic heterocycles. The molecule has 196 valence electrons. The van der Waals surface area contributed by atoms with Gasteiger partial charge in [-0.2, -0.15) is 0 Å². The van der Waals surface area contributed by atoms with Crippen molar-refractivity contribution in [1.29, 1.82) is 0 Å². The maximum atomic E-state index is 14.1. The molecule has 0 radical (unpaired) electrons. The Labute approximate surface area is 219 Å². The lowest BCUT2D eigenvalue weighted by Crippen LogP contribution is -2.48. The Morgan fingerprint density at radius 1 is 1.05 bits per heavy atom. The minimum absolute atomic E-state index is 0.0581. The van der Waals surface area contributed by atoms with Crippen LogP contribution >= 0.6 is 0 Å². The number of nitrogens with one attached hydrogen (secondary N) is 1. The topological polar surface area (TPSA) is 112 Å². The quantitative estimate of drug-likeness (QED) is 0.391. The number of ether oxygens (including phenoxy) is 2. The third-order valence-corrected chi connectivity index (χ3v) is 7.10. The van der Waals surface area contributed by atoms with Crippen LogP contribution in [0.1, 0.15) is 49.7 Å². The van der Waals surface area contributed by atoms with Crippen LogP contribution in [0.25, 0.3) is 11.0 Å². The number of aromatic nitrogens is 3. The Morgan fingerprint density at radius 2 is 1.87 bits per heavy atom. The highest BCUT2D eigenvalue weighted by atomic mass is 16.7. The van der Waals surface area contributed by atoms with Crippen LogP contribution in [0.5, 0.6) is 11.5 Å². The molecule has 2 aliphatic rings. The molecule has 1 fully saturated rings. The zero-order valence-corrected chi connectivity index (χ0v) is 21.1. The van der Waals surface area contributed by atoms with Crippen LogP contribution in [-0.4, -0.2) is 39.6 Å². The van der Waals surface area contributed by atoms with Gasteiger partial charge < -0.3 is 19.2 Å². The number of hydrogen-bond acceptors (Lipinski definition) is 7. The van der Waals surface area contributed by atoms with Gasteiger partial charge in [0.1, 0.15) is 23.6 Å². The molecule has 0 bridgehead atoms. The zero-order chi connectivity index (χ0) is 26.1. The number of hydrogen-bond donors (Lipinski definition) is 1. The van der Waals surface area contributed by atoms with Gasteiger partial charge in [0.15, 0.2) is 17.5 Å². The van der Waals surface area contributed by atoms with Crippen molar-refractivity contribution in [3.63, 3.8) is 0 Å². The number of amides is 2. The summed E-state index contributed by atoms with van der Waals surface area (Å²) in [5.74, 6) is 1.48. The summed E-state index contributed by atoms with van der Waals surface area (Å²) in [6.07, 6.45) is 5.14. The van der Waals surface area contributed by atoms with E-state index >= 15 is 0 Å². The van der Waals surface area contributed by atoms with Crippen LogP contribution in [0.4, 0.5) is 5.69 Å². The van der Waals surface area contributed by atoms with Crippen molar-refractivity contribution in [3.05, 3.63) is 66.1 Å². The Hall–Kier alpha value is -4.34. The molecule has 38 heavy (non-hydrogen) atoms. The lowest BCUT2D eigenvalue weighted by atomic mass is 9.95. The van der Waals surface area contributed by atoms with Crippen molar-refractivity contribution >= 4 is 28.5 Å². The Balaban J connectivity index is 1.41. The van der Waals surface area contributed by atoms with Gasteiger partial charge in [-0.25, -0.2) is 4.68 Å². The van der Waals surface area contributed by atoms with Gasteiger partial charge in [-0.3, -0.25) is 14.5 Å². The van der Waals surface area contributed by atoms with Crippen LogP contribution in [0.3, 0.4) is 0 Å². The highest BCUT2D eigenvalue weighted by Crippen LogP contribution is 2.38. The summed E-state index contributed by atoms with van der Waals surface area (Å²) >= 11 is 0. The predicted octanol–water partition coefficient (Wildman–Crippen LogP) is 4.28. The minimum atomic E-state index is -1.03. The van der Waals surface area contributed by atoms with Crippen LogP contribution in [0.2, 0.25) is 0 Å². The Morgan fingerprint density at radius 3 is 2.68 bits per heavy atom. The molecule has 1 unspecified atom stereocenters. The summed E-state index contributed by atoms with van der Waals surface area (Å²) in [5.41, 5.74) is 1.90. The molecule has 1 atom stereocenters. The van der Waals surface area contributed by atoms with Crippen molar-refractivity contribution in [1.82, 2.24) is 20.3 Å². The third kappa shape index (κ3) is 4.69. The summed E-state index contributed by atoms with van der Waals surface area (Å²) < 4.78 is 18.6. The second-order valence-corrected chi connectivity index (χ2v) is 9.73. The molecule has 10 heteroatoms. The van der Waals surface area contributed by atoms with E-state index in [9.17, 15) is 9.59 Å². The normalized spacial score (nSPS) is 15.9. The van der Waals surface area contributed by atoms with Crippen molar-refractivity contribution in [3.8, 4) is 11.5 Å². The van der Waals surface area contributed by atoms with E-state index in [4.69, 9.17) is 13.9 Å². The monoisotopic (exact) mass is 515 g/mol. The van der Waals surface area contributed by atoms with Crippen molar-refractivity contribution < 1.29 is 23.5 Å². The SMILES string of the molecule is Cc1ccc(C(C(=O)NC2CCCCC2)N(C(=O)Cn2nnc3ccccc32)c2ccc3c(c2)OCO3)o1. The van der Waals surface area contributed by atoms with E-state index in [2.05, 4.69) is 15.6 Å². The molecule has 4 aromatic rings. The number of carbonyl (C=O) groups is 2. The molecule has 0 saturated heterocycles. The molecule has 6 rings (SSSR count). The third-order valence-electron chi connectivity index (χ3n) is 7.10. The second kappa shape index (κ2) is 10.2. The van der Waals surface area contributed by atoms with Crippen LogP contribution in [0.15, 0.2) is 59.0 Å². The van der Waals surface area contributed by atoms with Gasteiger partial charge in [-0.1, -0.05) is 36.6 Å². The van der Waals surface area contributed by atoms with E-state index in [1.165, 1.54) is 11.3 Å². The number of anilines is 1. The smallest absolute Gasteiger partial charge is 0.251 e. The molecular formula is C28H29N5O5. The number of benzene rings is 2.